The van der Waals surface area contributed by atoms with Gasteiger partial charge in [-0.2, -0.15) is 0 Å². The summed E-state index contributed by atoms with van der Waals surface area (Å²) < 4.78 is 27.2. The van der Waals surface area contributed by atoms with Crippen molar-refractivity contribution in [1.82, 2.24) is 9.88 Å². The van der Waals surface area contributed by atoms with Gasteiger partial charge in [-0.05, 0) is 47.0 Å². The maximum Gasteiger partial charge on any atom is 0.253 e. The van der Waals surface area contributed by atoms with Crippen molar-refractivity contribution in [3.8, 4) is 16.9 Å². The van der Waals surface area contributed by atoms with E-state index in [1.807, 2.05) is 47.0 Å². The number of ether oxygens (including phenoxy) is 2. The lowest BCUT2D eigenvalue weighted by atomic mass is 10.0. The molecule has 1 N–H and O–H groups in total. The minimum absolute atomic E-state index is 0.0646. The van der Waals surface area contributed by atoms with Crippen LogP contribution >= 0.6 is 11.6 Å². The van der Waals surface area contributed by atoms with Crippen molar-refractivity contribution in [2.24, 2.45) is 0 Å². The Bertz CT molecular complexity index is 1330. The molecule has 0 saturated carbocycles. The Hall–Kier alpha value is -3.35. The molecule has 1 aliphatic heterocycles. The van der Waals surface area contributed by atoms with Crippen molar-refractivity contribution < 1.29 is 18.7 Å². The van der Waals surface area contributed by atoms with Crippen LogP contribution in [0, 0.1) is 5.82 Å². The molecule has 1 fully saturated rings. The van der Waals surface area contributed by atoms with Gasteiger partial charge in [0.1, 0.15) is 17.7 Å². The fraction of sp³-hybridized carbons (Fsp3) is 0.192. The lowest BCUT2D eigenvalue weighted by Gasteiger charge is -2.27. The van der Waals surface area contributed by atoms with Gasteiger partial charge in [0.25, 0.3) is 5.91 Å². The number of hydrogen-bond donors (Lipinski definition) is 1. The van der Waals surface area contributed by atoms with E-state index in [4.69, 9.17) is 21.1 Å². The Morgan fingerprint density at radius 1 is 1.12 bits per heavy atom. The zero-order valence-electron chi connectivity index (χ0n) is 18.0. The first kappa shape index (κ1) is 21.5. The van der Waals surface area contributed by atoms with E-state index >= 15 is 0 Å². The highest BCUT2D eigenvalue weighted by atomic mass is 35.5. The molecule has 1 saturated heterocycles. The summed E-state index contributed by atoms with van der Waals surface area (Å²) in [5.41, 5.74) is 4.06. The van der Waals surface area contributed by atoms with E-state index in [0.29, 0.717) is 47.0 Å². The molecule has 33 heavy (non-hydrogen) atoms. The fourth-order valence-electron chi connectivity index (χ4n) is 3.98. The van der Waals surface area contributed by atoms with Gasteiger partial charge in [0, 0.05) is 25.2 Å². The molecular weight excluding hydrogens is 443 g/mol. The van der Waals surface area contributed by atoms with Gasteiger partial charge in [-0.15, -0.1) is 0 Å². The fourth-order valence-corrected chi connectivity index (χ4v) is 4.20. The molecule has 7 heteroatoms. The third-order valence-electron chi connectivity index (χ3n) is 5.82. The van der Waals surface area contributed by atoms with Crippen LogP contribution in [0.3, 0.4) is 0 Å². The molecule has 0 bridgehead atoms. The summed E-state index contributed by atoms with van der Waals surface area (Å²) >= 11 is 6.42. The molecule has 1 aliphatic rings. The molecule has 4 aromatic rings. The molecule has 1 amide bonds. The zero-order valence-corrected chi connectivity index (χ0v) is 18.7. The number of hydrogen-bond acceptors (Lipinski definition) is 3. The average molecular weight is 465 g/mol. The molecular formula is C26H22ClFN2O3. The normalized spacial score (nSPS) is 13.7. The summed E-state index contributed by atoms with van der Waals surface area (Å²) in [6, 6.07) is 18.4. The number of fused-ring (bicyclic) bond motifs is 1. The Morgan fingerprint density at radius 3 is 2.55 bits per heavy atom. The van der Waals surface area contributed by atoms with Crippen LogP contribution in [-0.4, -0.2) is 36.8 Å². The maximum absolute atomic E-state index is 14.3. The second kappa shape index (κ2) is 8.89. The number of nitrogens with zero attached hydrogens (tertiary/aromatic N) is 1. The predicted octanol–water partition coefficient (Wildman–Crippen LogP) is 5.29. The summed E-state index contributed by atoms with van der Waals surface area (Å²) in [7, 11) is 1.57. The topological polar surface area (TPSA) is 52.5 Å². The standard InChI is InChI=1S/C26H22ClFN2O3/c1-29-26(31)21-7-8-23(28)20-10-11-30(25(20)21)13-16-2-4-17(5-3-16)18-6-9-24(22(27)12-18)33-19-14-32-15-19/h2-12,19H,13-15H2,1H3,(H,29,31). The molecule has 1 aromatic heterocycles. The molecule has 2 heterocycles. The minimum Gasteiger partial charge on any atom is -0.484 e. The number of rotatable bonds is 6. The summed E-state index contributed by atoms with van der Waals surface area (Å²) in [6.07, 6.45) is 1.87. The number of benzene rings is 3. The van der Waals surface area contributed by atoms with Crippen molar-refractivity contribution in [2.75, 3.05) is 20.3 Å². The van der Waals surface area contributed by atoms with Crippen molar-refractivity contribution in [3.63, 3.8) is 0 Å². The van der Waals surface area contributed by atoms with Crippen molar-refractivity contribution in [1.29, 1.82) is 0 Å². The van der Waals surface area contributed by atoms with Crippen LogP contribution in [0.25, 0.3) is 22.0 Å². The van der Waals surface area contributed by atoms with Gasteiger partial charge < -0.3 is 19.4 Å². The first-order valence-electron chi connectivity index (χ1n) is 10.7. The van der Waals surface area contributed by atoms with Gasteiger partial charge in [-0.1, -0.05) is 41.9 Å². The van der Waals surface area contributed by atoms with E-state index < -0.39 is 0 Å². The molecule has 0 aliphatic carbocycles. The van der Waals surface area contributed by atoms with E-state index in [-0.39, 0.29) is 17.8 Å². The highest BCUT2D eigenvalue weighted by Gasteiger charge is 2.21. The number of carbonyl (C=O) groups is 1. The van der Waals surface area contributed by atoms with Crippen LogP contribution in [0.1, 0.15) is 15.9 Å². The van der Waals surface area contributed by atoms with Gasteiger partial charge in [-0.3, -0.25) is 4.79 Å². The van der Waals surface area contributed by atoms with Crippen LogP contribution in [0.2, 0.25) is 5.02 Å². The quantitative estimate of drug-likeness (QED) is 0.422. The van der Waals surface area contributed by atoms with Gasteiger partial charge >= 0.3 is 0 Å². The van der Waals surface area contributed by atoms with Gasteiger partial charge in [0.05, 0.1) is 29.3 Å². The monoisotopic (exact) mass is 464 g/mol. The summed E-state index contributed by atoms with van der Waals surface area (Å²) in [5, 5.41) is 3.61. The van der Waals surface area contributed by atoms with Crippen LogP contribution in [0.4, 0.5) is 4.39 Å². The average Bonchev–Trinajstić information content (AvgIpc) is 3.22. The molecule has 0 radical (unpaired) electrons. The summed E-state index contributed by atoms with van der Waals surface area (Å²) in [5.74, 6) is 0.0642. The third kappa shape index (κ3) is 4.19. The van der Waals surface area contributed by atoms with Crippen molar-refractivity contribution in [3.05, 3.63) is 88.8 Å². The van der Waals surface area contributed by atoms with E-state index in [0.717, 1.165) is 16.7 Å². The molecule has 0 unspecified atom stereocenters. The van der Waals surface area contributed by atoms with Crippen LogP contribution in [-0.2, 0) is 11.3 Å². The molecule has 5 rings (SSSR count). The Balaban J connectivity index is 1.38. The second-order valence-corrected chi connectivity index (χ2v) is 8.41. The maximum atomic E-state index is 14.3. The van der Waals surface area contributed by atoms with Crippen LogP contribution < -0.4 is 10.1 Å². The number of halogens is 2. The molecule has 0 atom stereocenters. The van der Waals surface area contributed by atoms with E-state index in [2.05, 4.69) is 5.32 Å². The zero-order chi connectivity index (χ0) is 22.9. The Kier molecular flexibility index (Phi) is 5.79. The van der Waals surface area contributed by atoms with Crippen molar-refractivity contribution >= 4 is 28.4 Å². The highest BCUT2D eigenvalue weighted by molar-refractivity contribution is 6.32. The summed E-state index contributed by atoms with van der Waals surface area (Å²) in [6.45, 7) is 1.69. The number of aromatic nitrogens is 1. The predicted molar refractivity (Wildman–Crippen MR) is 127 cm³/mol. The summed E-state index contributed by atoms with van der Waals surface area (Å²) in [4.78, 5) is 12.3. The van der Waals surface area contributed by atoms with Crippen LogP contribution in [0.15, 0.2) is 66.9 Å². The molecule has 5 nitrogen and oxygen atoms in total. The first-order chi connectivity index (χ1) is 16.0. The van der Waals surface area contributed by atoms with Gasteiger partial charge in [0.15, 0.2) is 0 Å². The minimum atomic E-state index is -0.346. The van der Waals surface area contributed by atoms with Gasteiger partial charge in [0.2, 0.25) is 0 Å². The molecule has 168 valence electrons. The molecule has 3 aromatic carbocycles. The Morgan fingerprint density at radius 2 is 1.88 bits per heavy atom. The SMILES string of the molecule is CNC(=O)c1ccc(F)c2ccn(Cc3ccc(-c4ccc(OC5COC5)c(Cl)c4)cc3)c12. The van der Waals surface area contributed by atoms with E-state index in [1.165, 1.54) is 12.1 Å². The number of carbonyl (C=O) groups excluding carboxylic acids is 1. The lowest BCUT2D eigenvalue weighted by Crippen LogP contribution is -2.38. The van der Waals surface area contributed by atoms with Crippen LogP contribution in [0.5, 0.6) is 5.75 Å². The smallest absolute Gasteiger partial charge is 0.253 e. The number of amides is 1. The van der Waals surface area contributed by atoms with E-state index in [9.17, 15) is 9.18 Å². The third-order valence-corrected chi connectivity index (χ3v) is 6.11. The number of nitrogens with one attached hydrogen (secondary N) is 1. The van der Waals surface area contributed by atoms with Crippen molar-refractivity contribution in [2.45, 2.75) is 12.6 Å². The Labute approximate surface area is 195 Å². The van der Waals surface area contributed by atoms with E-state index in [1.54, 1.807) is 19.3 Å². The highest BCUT2D eigenvalue weighted by Crippen LogP contribution is 2.32. The molecule has 0 spiro atoms. The largest absolute Gasteiger partial charge is 0.484 e. The van der Waals surface area contributed by atoms with Gasteiger partial charge in [-0.25, -0.2) is 4.39 Å². The lowest BCUT2D eigenvalue weighted by molar-refractivity contribution is -0.0796. The second-order valence-electron chi connectivity index (χ2n) is 8.00. The first-order valence-corrected chi connectivity index (χ1v) is 11.0.